The van der Waals surface area contributed by atoms with Crippen LogP contribution in [-0.4, -0.2) is 146 Å². The predicted molar refractivity (Wildman–Crippen MR) is 300 cm³/mol. The molecular formula is C39H84O2S12Si2. The lowest BCUT2D eigenvalue weighted by molar-refractivity contribution is 0.0830. The van der Waals surface area contributed by atoms with Crippen molar-refractivity contribution >= 4 is 162 Å². The molecule has 0 fully saturated rings. The Hall–Kier alpha value is 4.55. The van der Waals surface area contributed by atoms with Crippen molar-refractivity contribution in [1.29, 1.82) is 0 Å². The van der Waals surface area contributed by atoms with Crippen molar-refractivity contribution in [1.82, 2.24) is 0 Å². The van der Waals surface area contributed by atoms with Crippen LogP contribution in [0.3, 0.4) is 0 Å². The molecule has 0 radical (unpaired) electrons. The molecule has 0 atom stereocenters. The first-order valence-corrected chi connectivity index (χ1v) is 37.7. The monoisotopic (exact) mass is 1020 g/mol. The van der Waals surface area contributed by atoms with Crippen LogP contribution in [0.2, 0.25) is 48.4 Å². The molecular weight excluding hydrogens is 941 g/mol. The molecule has 0 saturated carbocycles. The first-order valence-electron chi connectivity index (χ1n) is 21.3. The minimum Gasteiger partial charge on any atom is -0.381 e. The fourth-order valence-corrected chi connectivity index (χ4v) is 25.7. The van der Waals surface area contributed by atoms with E-state index >= 15 is 0 Å². The fourth-order valence-electron chi connectivity index (χ4n) is 7.36. The van der Waals surface area contributed by atoms with Crippen molar-refractivity contribution in [2.75, 3.05) is 130 Å². The van der Waals surface area contributed by atoms with Gasteiger partial charge in [-0.1, -0.05) is 48.4 Å². The molecule has 55 heavy (non-hydrogen) atoms. The molecule has 0 N–H and O–H groups in total. The molecule has 16 heteroatoms. The van der Waals surface area contributed by atoms with Crippen molar-refractivity contribution in [2.45, 2.75) is 106 Å². The van der Waals surface area contributed by atoms with Crippen LogP contribution in [0.25, 0.3) is 0 Å². The van der Waals surface area contributed by atoms with Crippen LogP contribution < -0.4 is 0 Å². The van der Waals surface area contributed by atoms with Crippen molar-refractivity contribution < 1.29 is 9.47 Å². The lowest BCUT2D eigenvalue weighted by Crippen LogP contribution is -2.35. The molecule has 0 amide bonds. The van der Waals surface area contributed by atoms with E-state index in [9.17, 15) is 0 Å². The van der Waals surface area contributed by atoms with Crippen LogP contribution in [0.15, 0.2) is 0 Å². The Morgan fingerprint density at radius 3 is 0.673 bits per heavy atom. The van der Waals surface area contributed by atoms with Crippen LogP contribution in [0.5, 0.6) is 0 Å². The summed E-state index contributed by atoms with van der Waals surface area (Å²) in [5.74, 6) is 20.9. The van der Waals surface area contributed by atoms with Crippen molar-refractivity contribution in [3.8, 4) is 0 Å². The van der Waals surface area contributed by atoms with Gasteiger partial charge in [0.25, 0.3) is 0 Å². The lowest BCUT2D eigenvalue weighted by atomic mass is 10.4. The predicted octanol–water partition coefficient (Wildman–Crippen LogP) is 13.4. The van der Waals surface area contributed by atoms with Crippen LogP contribution in [0.4, 0.5) is 0 Å². The van der Waals surface area contributed by atoms with Gasteiger partial charge >= 0.3 is 0 Å². The van der Waals surface area contributed by atoms with E-state index in [2.05, 4.69) is 146 Å². The Bertz CT molecular complexity index is 625. The summed E-state index contributed by atoms with van der Waals surface area (Å²) in [6, 6.07) is 11.9. The summed E-state index contributed by atoms with van der Waals surface area (Å²) in [7, 11) is -2.68. The average molecular weight is 1030 g/mol. The van der Waals surface area contributed by atoms with E-state index in [0.29, 0.717) is 0 Å². The summed E-state index contributed by atoms with van der Waals surface area (Å²) in [4.78, 5) is 0. The van der Waals surface area contributed by atoms with Crippen LogP contribution >= 0.6 is 146 Å². The Morgan fingerprint density at radius 1 is 0.255 bits per heavy atom. The summed E-state index contributed by atoms with van der Waals surface area (Å²) in [6.07, 6.45) is 11.8. The van der Waals surface area contributed by atoms with E-state index in [1.54, 1.807) is 0 Å². The highest BCUT2D eigenvalue weighted by molar-refractivity contribution is 8.01. The van der Waals surface area contributed by atoms with Gasteiger partial charge in [0.1, 0.15) is 0 Å². The van der Waals surface area contributed by atoms with Gasteiger partial charge in [-0.05, 0) is 127 Å². The summed E-state index contributed by atoms with van der Waals surface area (Å²) >= 11 is 39.2. The van der Waals surface area contributed by atoms with Gasteiger partial charge in [0, 0.05) is 60.9 Å². The zero-order valence-corrected chi connectivity index (χ0v) is 46.8. The Morgan fingerprint density at radius 2 is 0.455 bits per heavy atom. The third kappa shape index (κ3) is 39.8. The first kappa shape index (κ1) is 59.6. The van der Waals surface area contributed by atoms with E-state index < -0.39 is 16.1 Å². The highest BCUT2D eigenvalue weighted by atomic mass is 32.2. The second-order valence-corrected chi connectivity index (χ2v) is 34.5. The van der Waals surface area contributed by atoms with Gasteiger partial charge in [-0.2, -0.15) is 146 Å². The highest BCUT2D eigenvalue weighted by Gasteiger charge is 2.32. The van der Waals surface area contributed by atoms with Crippen molar-refractivity contribution in [2.24, 2.45) is 0 Å². The van der Waals surface area contributed by atoms with Gasteiger partial charge in [0.05, 0.1) is 16.1 Å². The third-order valence-electron chi connectivity index (χ3n) is 9.96. The summed E-state index contributed by atoms with van der Waals surface area (Å²) in [5.41, 5.74) is 0. The number of rotatable bonds is 48. The summed E-state index contributed by atoms with van der Waals surface area (Å²) in [6.45, 7) is 3.52. The zero-order valence-electron chi connectivity index (χ0n) is 34.5. The average Bonchev–Trinajstić information content (AvgIpc) is 3.19. The normalized spacial score (nSPS) is 12.3. The van der Waals surface area contributed by atoms with Gasteiger partial charge in [-0.3, -0.25) is 0 Å². The van der Waals surface area contributed by atoms with Crippen molar-refractivity contribution in [3.63, 3.8) is 0 Å². The molecule has 0 saturated heterocycles. The van der Waals surface area contributed by atoms with Crippen LogP contribution in [-0.2, 0) is 9.47 Å². The molecule has 0 aliphatic heterocycles. The number of ether oxygens (including phenoxy) is 2. The molecule has 0 aliphatic carbocycles. The molecule has 2 nitrogen and oxygen atoms in total. The number of hydrogen-bond acceptors (Lipinski definition) is 14. The number of thioether (sulfide) groups is 6. The molecule has 0 aromatic rings. The molecule has 0 spiro atoms. The molecule has 0 rings (SSSR count). The highest BCUT2D eigenvalue weighted by Crippen LogP contribution is 2.35. The largest absolute Gasteiger partial charge is 0.381 e. The second-order valence-electron chi connectivity index (χ2n) is 14.4. The minimum absolute atomic E-state index is 0.839. The molecule has 0 unspecified atom stereocenters. The van der Waals surface area contributed by atoms with Gasteiger partial charge in [0.15, 0.2) is 0 Å². The third-order valence-corrected chi connectivity index (χ3v) is 30.8. The first-order chi connectivity index (χ1) is 27.1. The topological polar surface area (TPSA) is 18.5 Å². The molecule has 0 aromatic carbocycles. The van der Waals surface area contributed by atoms with E-state index in [-0.39, 0.29) is 0 Å². The minimum atomic E-state index is -1.34. The zero-order chi connectivity index (χ0) is 40.2. The van der Waals surface area contributed by atoms with Gasteiger partial charge < -0.3 is 9.47 Å². The number of hydrogen-bond donors (Lipinski definition) is 6. The van der Waals surface area contributed by atoms with E-state index in [0.717, 1.165) is 67.4 Å². The van der Waals surface area contributed by atoms with Crippen LogP contribution in [0.1, 0.15) is 57.8 Å². The molecule has 332 valence electrons. The van der Waals surface area contributed by atoms with E-state index in [1.165, 1.54) is 169 Å². The maximum absolute atomic E-state index is 6.27. The van der Waals surface area contributed by atoms with E-state index in [1.807, 2.05) is 0 Å². The van der Waals surface area contributed by atoms with E-state index in [4.69, 9.17) is 9.47 Å². The second kappa shape index (κ2) is 48.0. The maximum atomic E-state index is 6.27. The van der Waals surface area contributed by atoms with Crippen LogP contribution in [0, 0.1) is 0 Å². The Kier molecular flexibility index (Phi) is 52.0. The van der Waals surface area contributed by atoms with Gasteiger partial charge in [0.2, 0.25) is 0 Å². The van der Waals surface area contributed by atoms with Gasteiger partial charge in [-0.25, -0.2) is 0 Å². The summed E-state index contributed by atoms with van der Waals surface area (Å²) < 4.78 is 12.5. The Balaban J connectivity index is 4.91. The standard InChI is InChI=1S/C39H84O2S12Si2/c42-14-26-48-20-4-34-54(35-5-21-49-27-15-43,36-6-22-50-28-16-44)32-2-12-40-10-1-11-41-13-3-33-55(37-7-23-51-29-17-45,38-8-24-52-30-18-46)39-9-25-53-31-19-47/h42-47H,1-39H2. The summed E-state index contributed by atoms with van der Waals surface area (Å²) in [5, 5.41) is 0. The molecule has 0 aliphatic rings. The number of thiol groups is 6. The maximum Gasteiger partial charge on any atom is 0.0537 e. The smallest absolute Gasteiger partial charge is 0.0537 e. The molecule has 0 heterocycles. The SMILES string of the molecule is SCCSCCC[Si](CCCOCCCOCCC[Si](CCCSCCS)(CCCSCCS)CCCSCCS)(CCCSCCS)CCCSCCS. The van der Waals surface area contributed by atoms with Gasteiger partial charge in [-0.15, -0.1) is 0 Å². The molecule has 0 aromatic heterocycles. The van der Waals surface area contributed by atoms with Crippen molar-refractivity contribution in [3.05, 3.63) is 0 Å². The molecule has 0 bridgehead atoms. The lowest BCUT2D eigenvalue weighted by Gasteiger charge is -2.33. The fraction of sp³-hybridized carbons (Fsp3) is 1.00. The quantitative estimate of drug-likeness (QED) is 0.0203. The Labute approximate surface area is 403 Å².